The van der Waals surface area contributed by atoms with E-state index in [0.717, 1.165) is 21.6 Å². The van der Waals surface area contributed by atoms with E-state index in [4.69, 9.17) is 5.73 Å². The van der Waals surface area contributed by atoms with Gasteiger partial charge in [0.05, 0.1) is 0 Å². The highest BCUT2D eigenvalue weighted by atomic mass is 32.2. The summed E-state index contributed by atoms with van der Waals surface area (Å²) < 4.78 is 1.90. The summed E-state index contributed by atoms with van der Waals surface area (Å²) in [5, 5.41) is 17.5. The highest BCUT2D eigenvalue weighted by molar-refractivity contribution is 7.99. The molecule has 0 spiro atoms. The first kappa shape index (κ1) is 11.0. The van der Waals surface area contributed by atoms with Crippen molar-refractivity contribution in [3.8, 4) is 0 Å². The van der Waals surface area contributed by atoms with Gasteiger partial charge in [-0.25, -0.2) is 0 Å². The Morgan fingerprint density at radius 1 is 1.38 bits per heavy atom. The minimum absolute atomic E-state index is 0.439. The molecular weight excluding hydrogens is 224 g/mol. The SMILES string of the molecule is Cc1nnc(Sc2nnccc2CN)n1C. The quantitative estimate of drug-likeness (QED) is 0.836. The molecule has 0 bridgehead atoms. The van der Waals surface area contributed by atoms with Crippen molar-refractivity contribution in [2.24, 2.45) is 12.8 Å². The first-order chi connectivity index (χ1) is 7.72. The molecular formula is C9H12N6S. The molecule has 6 nitrogen and oxygen atoms in total. The predicted molar refractivity (Wildman–Crippen MR) is 59.8 cm³/mol. The van der Waals surface area contributed by atoms with E-state index in [1.807, 2.05) is 24.6 Å². The second-order valence-corrected chi connectivity index (χ2v) is 4.21. The summed E-state index contributed by atoms with van der Waals surface area (Å²) in [6.07, 6.45) is 1.63. The van der Waals surface area contributed by atoms with Crippen LogP contribution in [0, 0.1) is 6.92 Å². The van der Waals surface area contributed by atoms with Gasteiger partial charge in [0.15, 0.2) is 5.16 Å². The Labute approximate surface area is 97.3 Å². The van der Waals surface area contributed by atoms with Crippen LogP contribution in [-0.2, 0) is 13.6 Å². The lowest BCUT2D eigenvalue weighted by Gasteiger charge is -2.04. The fourth-order valence-corrected chi connectivity index (χ4v) is 2.04. The minimum Gasteiger partial charge on any atom is -0.326 e. The average molecular weight is 236 g/mol. The summed E-state index contributed by atoms with van der Waals surface area (Å²) in [6, 6.07) is 1.86. The Bertz CT molecular complexity index is 494. The molecule has 0 atom stereocenters. The average Bonchev–Trinajstić information content (AvgIpc) is 2.62. The number of aromatic nitrogens is 5. The first-order valence-electron chi connectivity index (χ1n) is 4.77. The van der Waals surface area contributed by atoms with E-state index in [2.05, 4.69) is 20.4 Å². The zero-order chi connectivity index (χ0) is 11.5. The summed E-state index contributed by atoms with van der Waals surface area (Å²) in [6.45, 7) is 2.34. The molecule has 84 valence electrons. The fraction of sp³-hybridized carbons (Fsp3) is 0.333. The van der Waals surface area contributed by atoms with Crippen molar-refractivity contribution in [1.82, 2.24) is 25.0 Å². The summed E-state index contributed by atoms with van der Waals surface area (Å²) in [4.78, 5) is 0. The molecule has 0 fully saturated rings. The van der Waals surface area contributed by atoms with Gasteiger partial charge in [0.2, 0.25) is 0 Å². The van der Waals surface area contributed by atoms with Gasteiger partial charge < -0.3 is 10.3 Å². The lowest BCUT2D eigenvalue weighted by atomic mass is 10.3. The lowest BCUT2D eigenvalue weighted by Crippen LogP contribution is -2.02. The first-order valence-corrected chi connectivity index (χ1v) is 5.58. The third-order valence-electron chi connectivity index (χ3n) is 2.23. The van der Waals surface area contributed by atoms with Crippen LogP contribution in [0.2, 0.25) is 0 Å². The molecule has 0 radical (unpaired) electrons. The molecule has 2 N–H and O–H groups in total. The molecule has 0 aliphatic rings. The van der Waals surface area contributed by atoms with Gasteiger partial charge >= 0.3 is 0 Å². The summed E-state index contributed by atoms with van der Waals surface area (Å²) >= 11 is 1.42. The van der Waals surface area contributed by atoms with Gasteiger partial charge in [-0.15, -0.1) is 15.3 Å². The summed E-state index contributed by atoms with van der Waals surface area (Å²) in [5.41, 5.74) is 6.58. The van der Waals surface area contributed by atoms with Crippen LogP contribution in [0.5, 0.6) is 0 Å². The van der Waals surface area contributed by atoms with E-state index in [1.165, 1.54) is 11.8 Å². The van der Waals surface area contributed by atoms with E-state index in [1.54, 1.807) is 6.20 Å². The van der Waals surface area contributed by atoms with Crippen LogP contribution in [0.3, 0.4) is 0 Å². The van der Waals surface area contributed by atoms with Gasteiger partial charge in [0.1, 0.15) is 10.9 Å². The van der Waals surface area contributed by atoms with Crippen LogP contribution in [0.1, 0.15) is 11.4 Å². The number of aryl methyl sites for hydroxylation is 1. The van der Waals surface area contributed by atoms with Gasteiger partial charge in [-0.2, -0.15) is 5.10 Å². The molecule has 7 heteroatoms. The standard InChI is InChI=1S/C9H12N6S/c1-6-12-14-9(15(6)2)16-8-7(5-10)3-4-11-13-8/h3-4H,5,10H2,1-2H3. The molecule has 0 saturated carbocycles. The van der Waals surface area contributed by atoms with Crippen molar-refractivity contribution in [3.05, 3.63) is 23.7 Å². The Balaban J connectivity index is 2.30. The molecule has 0 aliphatic carbocycles. The van der Waals surface area contributed by atoms with Crippen molar-refractivity contribution < 1.29 is 0 Å². The topological polar surface area (TPSA) is 82.5 Å². The monoisotopic (exact) mass is 236 g/mol. The molecule has 2 rings (SSSR count). The van der Waals surface area contributed by atoms with E-state index in [9.17, 15) is 0 Å². The Hall–Kier alpha value is -1.47. The molecule has 2 aromatic rings. The van der Waals surface area contributed by atoms with Gasteiger partial charge in [0.25, 0.3) is 0 Å². The van der Waals surface area contributed by atoms with E-state index >= 15 is 0 Å². The van der Waals surface area contributed by atoms with Crippen LogP contribution < -0.4 is 5.73 Å². The third kappa shape index (κ3) is 2.05. The zero-order valence-electron chi connectivity index (χ0n) is 9.08. The van der Waals surface area contributed by atoms with Crippen LogP contribution in [0.25, 0.3) is 0 Å². The van der Waals surface area contributed by atoms with E-state index in [0.29, 0.717) is 6.54 Å². The highest BCUT2D eigenvalue weighted by Crippen LogP contribution is 2.26. The number of nitrogens with two attached hydrogens (primary N) is 1. The maximum absolute atomic E-state index is 5.62. The maximum Gasteiger partial charge on any atom is 0.197 e. The Morgan fingerprint density at radius 3 is 2.81 bits per heavy atom. The van der Waals surface area contributed by atoms with Crippen molar-refractivity contribution >= 4 is 11.8 Å². The van der Waals surface area contributed by atoms with Crippen LogP contribution in [0.4, 0.5) is 0 Å². The molecule has 16 heavy (non-hydrogen) atoms. The normalized spacial score (nSPS) is 10.7. The highest BCUT2D eigenvalue weighted by Gasteiger charge is 2.10. The second kappa shape index (κ2) is 4.58. The van der Waals surface area contributed by atoms with E-state index < -0.39 is 0 Å². The second-order valence-electron chi connectivity index (χ2n) is 3.26. The minimum atomic E-state index is 0.439. The molecule has 2 aromatic heterocycles. The Kier molecular flexibility index (Phi) is 3.16. The van der Waals surface area contributed by atoms with Gasteiger partial charge in [-0.1, -0.05) is 0 Å². The lowest BCUT2D eigenvalue weighted by molar-refractivity contribution is 0.761. The van der Waals surface area contributed by atoms with Gasteiger partial charge in [0, 0.05) is 25.4 Å². The summed E-state index contributed by atoms with van der Waals surface area (Å²) in [7, 11) is 1.91. The van der Waals surface area contributed by atoms with Crippen molar-refractivity contribution in [2.45, 2.75) is 23.7 Å². The van der Waals surface area contributed by atoms with Crippen molar-refractivity contribution in [3.63, 3.8) is 0 Å². The summed E-state index contributed by atoms with van der Waals surface area (Å²) in [5.74, 6) is 0.862. The smallest absolute Gasteiger partial charge is 0.197 e. The maximum atomic E-state index is 5.62. The van der Waals surface area contributed by atoms with Crippen LogP contribution >= 0.6 is 11.8 Å². The molecule has 0 aliphatic heterocycles. The number of nitrogens with zero attached hydrogens (tertiary/aromatic N) is 5. The van der Waals surface area contributed by atoms with Gasteiger partial charge in [-0.3, -0.25) is 0 Å². The van der Waals surface area contributed by atoms with E-state index in [-0.39, 0.29) is 0 Å². The largest absolute Gasteiger partial charge is 0.326 e. The predicted octanol–water partition coefficient (Wildman–Crippen LogP) is 0.523. The molecule has 0 aromatic carbocycles. The molecule has 0 amide bonds. The molecule has 0 unspecified atom stereocenters. The van der Waals surface area contributed by atoms with Gasteiger partial charge in [-0.05, 0) is 24.8 Å². The van der Waals surface area contributed by atoms with Crippen molar-refractivity contribution in [2.75, 3.05) is 0 Å². The molecule has 0 saturated heterocycles. The number of hydrogen-bond acceptors (Lipinski definition) is 6. The number of rotatable bonds is 3. The van der Waals surface area contributed by atoms with Crippen LogP contribution in [-0.4, -0.2) is 25.0 Å². The molecule has 2 heterocycles. The van der Waals surface area contributed by atoms with Crippen LogP contribution in [0.15, 0.2) is 22.4 Å². The third-order valence-corrected chi connectivity index (χ3v) is 3.30. The Morgan fingerprint density at radius 2 is 2.19 bits per heavy atom. The van der Waals surface area contributed by atoms with Crippen molar-refractivity contribution in [1.29, 1.82) is 0 Å². The zero-order valence-corrected chi connectivity index (χ0v) is 9.90. The number of hydrogen-bond donors (Lipinski definition) is 1. The fourth-order valence-electron chi connectivity index (χ4n) is 1.15.